The lowest BCUT2D eigenvalue weighted by Crippen LogP contribution is -2.35. The van der Waals surface area contributed by atoms with Crippen molar-refractivity contribution in [1.29, 1.82) is 0 Å². The Balaban J connectivity index is 3.20. The van der Waals surface area contributed by atoms with Crippen molar-refractivity contribution in [3.05, 3.63) is 18.3 Å². The van der Waals surface area contributed by atoms with Crippen LogP contribution in [0.2, 0.25) is 0 Å². The Bertz CT molecular complexity index is 488. The highest BCUT2D eigenvalue weighted by atomic mass is 32.2. The lowest BCUT2D eigenvalue weighted by Gasteiger charge is -2.23. The number of pyridine rings is 1. The second-order valence-electron chi connectivity index (χ2n) is 4.16. The van der Waals surface area contributed by atoms with E-state index in [0.29, 0.717) is 12.2 Å². The van der Waals surface area contributed by atoms with Gasteiger partial charge >= 0.3 is 0 Å². The van der Waals surface area contributed by atoms with E-state index in [2.05, 4.69) is 10.3 Å². The molecule has 0 spiro atoms. The standard InChI is InChI=1S/C12H21N3O2S/c1-5-10(3)15(4)18(16,17)12-11(13-6-2)8-7-9-14-12/h7-10,13H,5-6H2,1-4H3. The fourth-order valence-electron chi connectivity index (χ4n) is 1.55. The molecule has 1 unspecified atom stereocenters. The Morgan fingerprint density at radius 2 is 2.11 bits per heavy atom. The summed E-state index contributed by atoms with van der Waals surface area (Å²) in [4.78, 5) is 4.01. The van der Waals surface area contributed by atoms with Gasteiger partial charge in [-0.05, 0) is 32.4 Å². The quantitative estimate of drug-likeness (QED) is 0.859. The van der Waals surface area contributed by atoms with Gasteiger partial charge in [0.15, 0.2) is 5.03 Å². The highest BCUT2D eigenvalue weighted by molar-refractivity contribution is 7.89. The lowest BCUT2D eigenvalue weighted by molar-refractivity contribution is 0.379. The zero-order valence-corrected chi connectivity index (χ0v) is 12.2. The van der Waals surface area contributed by atoms with Crippen molar-refractivity contribution in [3.63, 3.8) is 0 Å². The van der Waals surface area contributed by atoms with Gasteiger partial charge in [-0.2, -0.15) is 4.31 Å². The normalized spacial score (nSPS) is 13.6. The summed E-state index contributed by atoms with van der Waals surface area (Å²) in [6.07, 6.45) is 2.26. The minimum absolute atomic E-state index is 0.0496. The summed E-state index contributed by atoms with van der Waals surface area (Å²) in [5.74, 6) is 0. The maximum absolute atomic E-state index is 12.5. The molecule has 0 aliphatic carbocycles. The van der Waals surface area contributed by atoms with Crippen LogP contribution in [0.5, 0.6) is 0 Å². The Kier molecular flexibility index (Phi) is 5.10. The Hall–Kier alpha value is -1.14. The number of rotatable bonds is 6. The maximum Gasteiger partial charge on any atom is 0.262 e. The monoisotopic (exact) mass is 271 g/mol. The van der Waals surface area contributed by atoms with Crippen LogP contribution in [0.4, 0.5) is 5.69 Å². The van der Waals surface area contributed by atoms with Gasteiger partial charge in [0.25, 0.3) is 10.0 Å². The van der Waals surface area contributed by atoms with Gasteiger partial charge in [0.1, 0.15) is 0 Å². The van der Waals surface area contributed by atoms with Gasteiger partial charge in [0.2, 0.25) is 0 Å². The van der Waals surface area contributed by atoms with Gasteiger partial charge in [0.05, 0.1) is 5.69 Å². The van der Waals surface area contributed by atoms with Crippen LogP contribution >= 0.6 is 0 Å². The van der Waals surface area contributed by atoms with E-state index >= 15 is 0 Å². The molecule has 1 heterocycles. The number of anilines is 1. The molecule has 6 heteroatoms. The molecular weight excluding hydrogens is 250 g/mol. The predicted octanol–water partition coefficient (Wildman–Crippen LogP) is 1.93. The van der Waals surface area contributed by atoms with Crippen molar-refractivity contribution in [1.82, 2.24) is 9.29 Å². The van der Waals surface area contributed by atoms with Gasteiger partial charge in [-0.3, -0.25) is 0 Å². The average molecular weight is 271 g/mol. The van der Waals surface area contributed by atoms with E-state index in [1.807, 2.05) is 20.8 Å². The van der Waals surface area contributed by atoms with Crippen molar-refractivity contribution < 1.29 is 8.42 Å². The second-order valence-corrected chi connectivity index (χ2v) is 6.08. The van der Waals surface area contributed by atoms with Crippen molar-refractivity contribution in [2.75, 3.05) is 18.9 Å². The summed E-state index contributed by atoms with van der Waals surface area (Å²) in [6, 6.07) is 3.40. The molecule has 1 aromatic heterocycles. The highest BCUT2D eigenvalue weighted by Gasteiger charge is 2.28. The van der Waals surface area contributed by atoms with Crippen LogP contribution < -0.4 is 5.32 Å². The van der Waals surface area contributed by atoms with Crippen LogP contribution in [0.1, 0.15) is 27.2 Å². The SMILES string of the molecule is CCNc1cccnc1S(=O)(=O)N(C)C(C)CC. The first-order valence-electron chi connectivity index (χ1n) is 6.12. The minimum atomic E-state index is -3.54. The van der Waals surface area contributed by atoms with E-state index in [9.17, 15) is 8.42 Å². The summed E-state index contributed by atoms with van der Waals surface area (Å²) >= 11 is 0. The van der Waals surface area contributed by atoms with Gasteiger partial charge in [0, 0.05) is 25.8 Å². The third-order valence-corrected chi connectivity index (χ3v) is 4.91. The summed E-state index contributed by atoms with van der Waals surface area (Å²) in [5, 5.41) is 3.12. The van der Waals surface area contributed by atoms with E-state index < -0.39 is 10.0 Å². The van der Waals surface area contributed by atoms with E-state index in [-0.39, 0.29) is 11.1 Å². The zero-order chi connectivity index (χ0) is 13.8. The molecule has 0 amide bonds. The van der Waals surface area contributed by atoms with Crippen LogP contribution in [0, 0.1) is 0 Å². The molecule has 0 bridgehead atoms. The van der Waals surface area contributed by atoms with Crippen molar-refractivity contribution in [2.24, 2.45) is 0 Å². The first-order chi connectivity index (χ1) is 8.45. The fraction of sp³-hybridized carbons (Fsp3) is 0.583. The first-order valence-corrected chi connectivity index (χ1v) is 7.56. The molecule has 102 valence electrons. The number of nitrogens with one attached hydrogen (secondary N) is 1. The molecular formula is C12H21N3O2S. The first kappa shape index (κ1) is 14.9. The molecule has 0 aromatic carbocycles. The van der Waals surface area contributed by atoms with Gasteiger partial charge in [-0.25, -0.2) is 13.4 Å². The summed E-state index contributed by atoms with van der Waals surface area (Å²) in [5.41, 5.74) is 0.551. The molecule has 1 atom stereocenters. The number of hydrogen-bond acceptors (Lipinski definition) is 4. The molecule has 0 aliphatic rings. The predicted molar refractivity (Wildman–Crippen MR) is 73.1 cm³/mol. The molecule has 1 N–H and O–H groups in total. The molecule has 1 rings (SSSR count). The maximum atomic E-state index is 12.5. The molecule has 1 aromatic rings. The van der Waals surface area contributed by atoms with Crippen LogP contribution in [0.15, 0.2) is 23.4 Å². The van der Waals surface area contributed by atoms with Crippen molar-refractivity contribution >= 4 is 15.7 Å². The van der Waals surface area contributed by atoms with E-state index in [1.165, 1.54) is 10.5 Å². The lowest BCUT2D eigenvalue weighted by atomic mass is 10.3. The Morgan fingerprint density at radius 3 is 2.67 bits per heavy atom. The van der Waals surface area contributed by atoms with Gasteiger partial charge in [-0.15, -0.1) is 0 Å². The molecule has 0 saturated carbocycles. The number of sulfonamides is 1. The molecule has 0 fully saturated rings. The van der Waals surface area contributed by atoms with Crippen molar-refractivity contribution in [2.45, 2.75) is 38.3 Å². The minimum Gasteiger partial charge on any atom is -0.383 e. The average Bonchev–Trinajstić information content (AvgIpc) is 2.37. The number of nitrogens with zero attached hydrogens (tertiary/aromatic N) is 2. The number of aromatic nitrogens is 1. The zero-order valence-electron chi connectivity index (χ0n) is 11.3. The van der Waals surface area contributed by atoms with Crippen LogP contribution in [-0.2, 0) is 10.0 Å². The van der Waals surface area contributed by atoms with E-state index in [1.54, 1.807) is 19.2 Å². The van der Waals surface area contributed by atoms with E-state index in [4.69, 9.17) is 0 Å². The Morgan fingerprint density at radius 1 is 1.44 bits per heavy atom. The van der Waals surface area contributed by atoms with Crippen LogP contribution in [-0.4, -0.2) is 37.3 Å². The van der Waals surface area contributed by atoms with Gasteiger partial charge in [-0.1, -0.05) is 6.92 Å². The fourth-order valence-corrected chi connectivity index (χ4v) is 3.06. The molecule has 0 saturated heterocycles. The summed E-state index contributed by atoms with van der Waals surface area (Å²) in [7, 11) is -1.95. The topological polar surface area (TPSA) is 62.3 Å². The smallest absolute Gasteiger partial charge is 0.262 e. The second kappa shape index (κ2) is 6.15. The van der Waals surface area contributed by atoms with Crippen LogP contribution in [0.25, 0.3) is 0 Å². The third-order valence-electron chi connectivity index (χ3n) is 2.97. The molecule has 18 heavy (non-hydrogen) atoms. The summed E-state index contributed by atoms with van der Waals surface area (Å²) < 4.78 is 26.3. The highest BCUT2D eigenvalue weighted by Crippen LogP contribution is 2.22. The van der Waals surface area contributed by atoms with Gasteiger partial charge < -0.3 is 5.32 Å². The largest absolute Gasteiger partial charge is 0.383 e. The van der Waals surface area contributed by atoms with Crippen molar-refractivity contribution in [3.8, 4) is 0 Å². The number of hydrogen-bond donors (Lipinski definition) is 1. The Labute approximate surface area is 109 Å². The van der Waals surface area contributed by atoms with E-state index in [0.717, 1.165) is 6.42 Å². The molecule has 5 nitrogen and oxygen atoms in total. The van der Waals surface area contributed by atoms with Crippen LogP contribution in [0.3, 0.4) is 0 Å². The molecule has 0 aliphatic heterocycles. The summed E-state index contributed by atoms with van der Waals surface area (Å²) in [6.45, 7) is 6.41. The third kappa shape index (κ3) is 3.00. The molecule has 0 radical (unpaired) electrons.